The van der Waals surface area contributed by atoms with Gasteiger partial charge >= 0.3 is 0 Å². The highest BCUT2D eigenvalue weighted by atomic mass is 16.5. The lowest BCUT2D eigenvalue weighted by atomic mass is 10.1. The van der Waals surface area contributed by atoms with Crippen LogP contribution in [-0.2, 0) is 11.3 Å². The van der Waals surface area contributed by atoms with Crippen LogP contribution in [-0.4, -0.2) is 32.9 Å². The first-order valence-electron chi connectivity index (χ1n) is 7.02. The summed E-state index contributed by atoms with van der Waals surface area (Å²) in [4.78, 5) is 4.63. The molecule has 0 radical (unpaired) electrons. The number of pyridine rings is 1. The largest absolute Gasteiger partial charge is 0.497 e. The van der Waals surface area contributed by atoms with Crippen molar-refractivity contribution in [2.45, 2.75) is 20.0 Å². The molecule has 114 valence electrons. The zero-order valence-electron chi connectivity index (χ0n) is 13.0. The van der Waals surface area contributed by atoms with Crippen molar-refractivity contribution < 1.29 is 14.2 Å². The standard InChI is InChI=1S/C16H22N2O3/c1-5-6-17-14-7-11(10-19-2)18-16-13(14)8-12(20-3)9-15(16)21-4/h7-9H,5-6,10H2,1-4H3,(H,17,18). The number of aromatic nitrogens is 1. The maximum atomic E-state index is 5.45. The van der Waals surface area contributed by atoms with Crippen LogP contribution in [0.3, 0.4) is 0 Å². The van der Waals surface area contributed by atoms with E-state index in [1.165, 1.54) is 0 Å². The first-order valence-corrected chi connectivity index (χ1v) is 7.02. The Morgan fingerprint density at radius 2 is 1.90 bits per heavy atom. The van der Waals surface area contributed by atoms with Gasteiger partial charge in [-0.05, 0) is 18.6 Å². The van der Waals surface area contributed by atoms with E-state index in [0.29, 0.717) is 12.4 Å². The lowest BCUT2D eigenvalue weighted by Crippen LogP contribution is -2.04. The third-order valence-corrected chi connectivity index (χ3v) is 3.22. The highest BCUT2D eigenvalue weighted by Gasteiger charge is 2.12. The smallest absolute Gasteiger partial charge is 0.148 e. The average molecular weight is 290 g/mol. The Morgan fingerprint density at radius 3 is 2.52 bits per heavy atom. The second-order valence-corrected chi connectivity index (χ2v) is 4.75. The number of anilines is 1. The molecule has 0 aliphatic heterocycles. The van der Waals surface area contributed by atoms with Gasteiger partial charge in [-0.3, -0.25) is 0 Å². The van der Waals surface area contributed by atoms with E-state index < -0.39 is 0 Å². The molecule has 5 heteroatoms. The predicted octanol–water partition coefficient (Wildman–Crippen LogP) is 3.22. The van der Waals surface area contributed by atoms with E-state index in [2.05, 4.69) is 17.2 Å². The number of benzene rings is 1. The van der Waals surface area contributed by atoms with E-state index >= 15 is 0 Å². The monoisotopic (exact) mass is 290 g/mol. The Hall–Kier alpha value is -2.01. The lowest BCUT2D eigenvalue weighted by molar-refractivity contribution is 0.182. The number of methoxy groups -OCH3 is 3. The molecule has 0 atom stereocenters. The summed E-state index contributed by atoms with van der Waals surface area (Å²) >= 11 is 0. The van der Waals surface area contributed by atoms with E-state index in [-0.39, 0.29) is 0 Å². The van der Waals surface area contributed by atoms with E-state index in [0.717, 1.165) is 41.0 Å². The number of ether oxygens (including phenoxy) is 3. The van der Waals surface area contributed by atoms with Crippen LogP contribution in [0.2, 0.25) is 0 Å². The number of nitrogens with zero attached hydrogens (tertiary/aromatic N) is 1. The minimum absolute atomic E-state index is 0.464. The first-order chi connectivity index (χ1) is 10.2. The van der Waals surface area contributed by atoms with Gasteiger partial charge in [0.2, 0.25) is 0 Å². The molecule has 5 nitrogen and oxygen atoms in total. The fourth-order valence-electron chi connectivity index (χ4n) is 2.22. The summed E-state index contributed by atoms with van der Waals surface area (Å²) < 4.78 is 16.0. The number of rotatable bonds is 7. The van der Waals surface area contributed by atoms with Crippen molar-refractivity contribution >= 4 is 16.6 Å². The van der Waals surface area contributed by atoms with Crippen LogP contribution in [0.25, 0.3) is 10.9 Å². The molecule has 0 amide bonds. The topological polar surface area (TPSA) is 52.6 Å². The van der Waals surface area contributed by atoms with Crippen molar-refractivity contribution in [2.75, 3.05) is 33.2 Å². The van der Waals surface area contributed by atoms with Gasteiger partial charge in [-0.15, -0.1) is 0 Å². The molecule has 1 aromatic heterocycles. The number of hydrogen-bond acceptors (Lipinski definition) is 5. The van der Waals surface area contributed by atoms with Crippen molar-refractivity contribution in [3.63, 3.8) is 0 Å². The summed E-state index contributed by atoms with van der Waals surface area (Å²) in [5.41, 5.74) is 2.70. The van der Waals surface area contributed by atoms with Gasteiger partial charge in [0.05, 0.1) is 26.5 Å². The quantitative estimate of drug-likeness (QED) is 0.848. The number of fused-ring (bicyclic) bond motifs is 1. The van der Waals surface area contributed by atoms with E-state index in [4.69, 9.17) is 14.2 Å². The molecule has 0 unspecified atom stereocenters. The summed E-state index contributed by atoms with van der Waals surface area (Å²) in [7, 11) is 4.95. The van der Waals surface area contributed by atoms with Gasteiger partial charge in [0, 0.05) is 30.8 Å². The Morgan fingerprint density at radius 1 is 1.10 bits per heavy atom. The molecule has 0 spiro atoms. The molecule has 0 fully saturated rings. The molecule has 0 saturated carbocycles. The van der Waals surface area contributed by atoms with E-state index in [1.807, 2.05) is 18.2 Å². The lowest BCUT2D eigenvalue weighted by Gasteiger charge is -2.14. The summed E-state index contributed by atoms with van der Waals surface area (Å²) in [6, 6.07) is 5.83. The van der Waals surface area contributed by atoms with Crippen molar-refractivity contribution in [2.24, 2.45) is 0 Å². The van der Waals surface area contributed by atoms with Crippen LogP contribution in [0.5, 0.6) is 11.5 Å². The third-order valence-electron chi connectivity index (χ3n) is 3.22. The van der Waals surface area contributed by atoms with Gasteiger partial charge < -0.3 is 19.5 Å². The second kappa shape index (κ2) is 7.13. The van der Waals surface area contributed by atoms with Gasteiger partial charge in [0.1, 0.15) is 17.0 Å². The summed E-state index contributed by atoms with van der Waals surface area (Å²) in [5.74, 6) is 1.45. The molecular weight excluding hydrogens is 268 g/mol. The molecule has 21 heavy (non-hydrogen) atoms. The van der Waals surface area contributed by atoms with Crippen molar-refractivity contribution in [1.82, 2.24) is 4.98 Å². The Labute approximate surface area is 125 Å². The van der Waals surface area contributed by atoms with Gasteiger partial charge in [0.15, 0.2) is 0 Å². The molecule has 1 aromatic carbocycles. The SMILES string of the molecule is CCCNc1cc(COC)nc2c(OC)cc(OC)cc12. The normalized spacial score (nSPS) is 10.7. The molecule has 2 rings (SSSR count). The van der Waals surface area contributed by atoms with Gasteiger partial charge in [-0.1, -0.05) is 6.92 Å². The summed E-state index contributed by atoms with van der Waals surface area (Å²) in [6.45, 7) is 3.49. The van der Waals surface area contributed by atoms with Crippen LogP contribution in [0.4, 0.5) is 5.69 Å². The molecule has 0 aliphatic carbocycles. The number of nitrogens with one attached hydrogen (secondary N) is 1. The second-order valence-electron chi connectivity index (χ2n) is 4.75. The van der Waals surface area contributed by atoms with Crippen LogP contribution >= 0.6 is 0 Å². The first kappa shape index (κ1) is 15.4. The van der Waals surface area contributed by atoms with Crippen molar-refractivity contribution in [3.8, 4) is 11.5 Å². The maximum Gasteiger partial charge on any atom is 0.148 e. The van der Waals surface area contributed by atoms with Crippen molar-refractivity contribution in [1.29, 1.82) is 0 Å². The Balaban J connectivity index is 2.64. The minimum Gasteiger partial charge on any atom is -0.497 e. The molecule has 0 bridgehead atoms. The van der Waals surface area contributed by atoms with Crippen molar-refractivity contribution in [3.05, 3.63) is 23.9 Å². The molecule has 1 N–H and O–H groups in total. The van der Waals surface area contributed by atoms with Crippen LogP contribution < -0.4 is 14.8 Å². The zero-order chi connectivity index (χ0) is 15.2. The van der Waals surface area contributed by atoms with Crippen LogP contribution in [0.15, 0.2) is 18.2 Å². The summed E-state index contributed by atoms with van der Waals surface area (Å²) in [6.07, 6.45) is 1.05. The fraction of sp³-hybridized carbons (Fsp3) is 0.438. The molecule has 0 saturated heterocycles. The average Bonchev–Trinajstić information content (AvgIpc) is 2.52. The predicted molar refractivity (Wildman–Crippen MR) is 84.3 cm³/mol. The number of hydrogen-bond donors (Lipinski definition) is 1. The minimum atomic E-state index is 0.464. The van der Waals surface area contributed by atoms with Crippen LogP contribution in [0, 0.1) is 0 Å². The zero-order valence-corrected chi connectivity index (χ0v) is 13.0. The third kappa shape index (κ3) is 3.36. The van der Waals surface area contributed by atoms with E-state index in [1.54, 1.807) is 21.3 Å². The Kier molecular flexibility index (Phi) is 5.22. The molecule has 2 aromatic rings. The maximum absolute atomic E-state index is 5.45. The molecule has 1 heterocycles. The van der Waals surface area contributed by atoms with Gasteiger partial charge in [-0.2, -0.15) is 0 Å². The fourth-order valence-corrected chi connectivity index (χ4v) is 2.22. The highest BCUT2D eigenvalue weighted by molar-refractivity contribution is 5.96. The van der Waals surface area contributed by atoms with Gasteiger partial charge in [0.25, 0.3) is 0 Å². The Bertz CT molecular complexity index is 614. The van der Waals surface area contributed by atoms with Crippen LogP contribution in [0.1, 0.15) is 19.0 Å². The highest BCUT2D eigenvalue weighted by Crippen LogP contribution is 2.34. The molecular formula is C16H22N2O3. The molecule has 0 aliphatic rings. The van der Waals surface area contributed by atoms with E-state index in [9.17, 15) is 0 Å². The summed E-state index contributed by atoms with van der Waals surface area (Å²) in [5, 5.41) is 4.42. The van der Waals surface area contributed by atoms with Gasteiger partial charge in [-0.25, -0.2) is 4.98 Å².